The van der Waals surface area contributed by atoms with Crippen LogP contribution in [0.5, 0.6) is 0 Å². The zero-order valence-corrected chi connectivity index (χ0v) is 12.7. The van der Waals surface area contributed by atoms with Gasteiger partial charge in [0.05, 0.1) is 0 Å². The van der Waals surface area contributed by atoms with Crippen molar-refractivity contribution in [3.05, 3.63) is 0 Å². The lowest BCUT2D eigenvalue weighted by molar-refractivity contribution is -0.154. The van der Waals surface area contributed by atoms with Crippen molar-refractivity contribution in [3.8, 4) is 0 Å². The van der Waals surface area contributed by atoms with Gasteiger partial charge in [-0.3, -0.25) is 19.8 Å². The molecule has 0 aromatic carbocycles. The molecule has 5 nitrogen and oxygen atoms in total. The Bertz CT molecular complexity index is 405. The average Bonchev–Trinajstić information content (AvgIpc) is 2.29. The molecule has 1 saturated heterocycles. The number of carbonyl (C=O) groups excluding carboxylic acids is 3. The number of carbonyl (C=O) groups is 3. The van der Waals surface area contributed by atoms with Gasteiger partial charge in [0.25, 0.3) is 0 Å². The standard InChI is InChI=1S/C14H24N2O3/c1-7-14(8-2)10(17)15-12(19)16(11(14)18)9(3)13(4,5)6/h9H,7-8H2,1-6H3,(H,15,17,19). The zero-order chi connectivity index (χ0) is 15.0. The van der Waals surface area contributed by atoms with Crippen LogP contribution in [-0.4, -0.2) is 28.8 Å². The van der Waals surface area contributed by atoms with Gasteiger partial charge in [0, 0.05) is 6.04 Å². The number of nitrogens with one attached hydrogen (secondary N) is 1. The Balaban J connectivity index is 3.23. The van der Waals surface area contributed by atoms with Gasteiger partial charge >= 0.3 is 6.03 Å². The molecule has 0 aromatic rings. The monoisotopic (exact) mass is 268 g/mol. The number of urea groups is 1. The third-order valence-electron chi connectivity index (χ3n) is 4.35. The minimum Gasteiger partial charge on any atom is -0.277 e. The van der Waals surface area contributed by atoms with Crippen molar-refractivity contribution in [2.24, 2.45) is 10.8 Å². The molecule has 1 rings (SSSR count). The highest BCUT2D eigenvalue weighted by Gasteiger charge is 2.53. The van der Waals surface area contributed by atoms with Crippen molar-refractivity contribution in [2.75, 3.05) is 0 Å². The number of hydrogen-bond acceptors (Lipinski definition) is 3. The van der Waals surface area contributed by atoms with E-state index in [-0.39, 0.29) is 17.4 Å². The fourth-order valence-corrected chi connectivity index (χ4v) is 2.31. The highest BCUT2D eigenvalue weighted by Crippen LogP contribution is 2.36. The SMILES string of the molecule is CCC1(CC)C(=O)NC(=O)N(C(C)C(C)(C)C)C1=O. The van der Waals surface area contributed by atoms with Gasteiger partial charge in [-0.2, -0.15) is 0 Å². The molecule has 1 fully saturated rings. The summed E-state index contributed by atoms with van der Waals surface area (Å²) in [5.41, 5.74) is -1.34. The molecule has 0 bridgehead atoms. The second kappa shape index (κ2) is 4.94. The summed E-state index contributed by atoms with van der Waals surface area (Å²) in [5, 5.41) is 2.33. The number of rotatable bonds is 3. The molecule has 0 spiro atoms. The van der Waals surface area contributed by atoms with Crippen LogP contribution in [0.15, 0.2) is 0 Å². The maximum absolute atomic E-state index is 12.7. The van der Waals surface area contributed by atoms with E-state index in [1.54, 1.807) is 13.8 Å². The quantitative estimate of drug-likeness (QED) is 0.799. The molecule has 4 amide bonds. The Kier molecular flexibility index (Phi) is 4.08. The van der Waals surface area contributed by atoms with Crippen molar-refractivity contribution in [2.45, 2.75) is 60.4 Å². The Morgan fingerprint density at radius 1 is 1.16 bits per heavy atom. The highest BCUT2D eigenvalue weighted by molar-refractivity contribution is 6.19. The summed E-state index contributed by atoms with van der Waals surface area (Å²) >= 11 is 0. The maximum Gasteiger partial charge on any atom is 0.331 e. The summed E-state index contributed by atoms with van der Waals surface area (Å²) < 4.78 is 0. The molecule has 0 radical (unpaired) electrons. The van der Waals surface area contributed by atoms with Gasteiger partial charge in [0.15, 0.2) is 0 Å². The van der Waals surface area contributed by atoms with Crippen LogP contribution in [-0.2, 0) is 9.59 Å². The van der Waals surface area contributed by atoms with Crippen molar-refractivity contribution >= 4 is 17.8 Å². The van der Waals surface area contributed by atoms with E-state index in [4.69, 9.17) is 0 Å². The second-order valence-electron chi connectivity index (χ2n) is 6.27. The van der Waals surface area contributed by atoms with E-state index >= 15 is 0 Å². The summed E-state index contributed by atoms with van der Waals surface area (Å²) in [5.74, 6) is -0.835. The minimum absolute atomic E-state index is 0.236. The van der Waals surface area contributed by atoms with Crippen molar-refractivity contribution in [3.63, 3.8) is 0 Å². The Morgan fingerprint density at radius 3 is 2.00 bits per heavy atom. The number of barbiturate groups is 1. The van der Waals surface area contributed by atoms with E-state index in [1.165, 1.54) is 4.90 Å². The smallest absolute Gasteiger partial charge is 0.277 e. The first-order chi connectivity index (χ1) is 8.61. The van der Waals surface area contributed by atoms with Gasteiger partial charge in [-0.1, -0.05) is 34.6 Å². The largest absolute Gasteiger partial charge is 0.331 e. The minimum atomic E-state index is -1.10. The number of imide groups is 2. The third kappa shape index (κ3) is 2.38. The van der Waals surface area contributed by atoms with E-state index in [1.807, 2.05) is 27.7 Å². The van der Waals surface area contributed by atoms with Gasteiger partial charge in [0.1, 0.15) is 5.41 Å². The van der Waals surface area contributed by atoms with Crippen LogP contribution in [0, 0.1) is 10.8 Å². The third-order valence-corrected chi connectivity index (χ3v) is 4.35. The molecule has 108 valence electrons. The van der Waals surface area contributed by atoms with Crippen LogP contribution in [0.25, 0.3) is 0 Å². The zero-order valence-electron chi connectivity index (χ0n) is 12.7. The second-order valence-corrected chi connectivity index (χ2v) is 6.27. The molecular formula is C14H24N2O3. The molecule has 1 aliphatic heterocycles. The summed E-state index contributed by atoms with van der Waals surface area (Å²) in [4.78, 5) is 37.9. The van der Waals surface area contributed by atoms with Crippen LogP contribution in [0.4, 0.5) is 4.79 Å². The molecule has 1 atom stereocenters. The first-order valence-corrected chi connectivity index (χ1v) is 6.81. The van der Waals surface area contributed by atoms with Gasteiger partial charge in [-0.05, 0) is 25.2 Å². The van der Waals surface area contributed by atoms with Crippen LogP contribution in [0.2, 0.25) is 0 Å². The lowest BCUT2D eigenvalue weighted by atomic mass is 9.77. The van der Waals surface area contributed by atoms with Crippen LogP contribution < -0.4 is 5.32 Å². The lowest BCUT2D eigenvalue weighted by Gasteiger charge is -2.44. The van der Waals surface area contributed by atoms with Gasteiger partial charge in [0.2, 0.25) is 11.8 Å². The first kappa shape index (κ1) is 15.7. The Morgan fingerprint density at radius 2 is 1.63 bits per heavy atom. The number of hydrogen-bond donors (Lipinski definition) is 1. The van der Waals surface area contributed by atoms with Crippen LogP contribution in [0.3, 0.4) is 0 Å². The normalized spacial score (nSPS) is 21.4. The summed E-state index contributed by atoms with van der Waals surface area (Å²) in [6.07, 6.45) is 0.795. The Labute approximate surface area is 114 Å². The summed E-state index contributed by atoms with van der Waals surface area (Å²) in [6, 6.07) is -0.875. The van der Waals surface area contributed by atoms with Crippen molar-refractivity contribution in [1.29, 1.82) is 0 Å². The topological polar surface area (TPSA) is 66.5 Å². The number of amides is 4. The molecule has 1 unspecified atom stereocenters. The van der Waals surface area contributed by atoms with Crippen molar-refractivity contribution < 1.29 is 14.4 Å². The Hall–Kier alpha value is -1.39. The molecular weight excluding hydrogens is 244 g/mol. The van der Waals surface area contributed by atoms with E-state index in [9.17, 15) is 14.4 Å². The molecule has 5 heteroatoms. The molecule has 0 aliphatic carbocycles. The molecule has 0 saturated carbocycles. The molecule has 1 N–H and O–H groups in total. The summed E-state index contributed by atoms with van der Waals surface area (Å²) in [7, 11) is 0. The summed E-state index contributed by atoms with van der Waals surface area (Å²) in [6.45, 7) is 11.3. The van der Waals surface area contributed by atoms with Gasteiger partial charge < -0.3 is 0 Å². The van der Waals surface area contributed by atoms with Gasteiger partial charge in [-0.25, -0.2) is 4.79 Å². The fourth-order valence-electron chi connectivity index (χ4n) is 2.31. The highest BCUT2D eigenvalue weighted by atomic mass is 16.2. The van der Waals surface area contributed by atoms with E-state index in [0.29, 0.717) is 12.8 Å². The first-order valence-electron chi connectivity index (χ1n) is 6.81. The van der Waals surface area contributed by atoms with Crippen molar-refractivity contribution in [1.82, 2.24) is 10.2 Å². The van der Waals surface area contributed by atoms with Crippen LogP contribution >= 0.6 is 0 Å². The van der Waals surface area contributed by atoms with E-state index in [0.717, 1.165) is 0 Å². The molecule has 1 heterocycles. The van der Waals surface area contributed by atoms with Crippen LogP contribution in [0.1, 0.15) is 54.4 Å². The van der Waals surface area contributed by atoms with E-state index in [2.05, 4.69) is 5.32 Å². The molecule has 1 aliphatic rings. The fraction of sp³-hybridized carbons (Fsp3) is 0.786. The molecule has 0 aromatic heterocycles. The average molecular weight is 268 g/mol. The lowest BCUT2D eigenvalue weighted by Crippen LogP contribution is -2.66. The predicted molar refractivity (Wildman–Crippen MR) is 72.3 cm³/mol. The van der Waals surface area contributed by atoms with Gasteiger partial charge in [-0.15, -0.1) is 0 Å². The maximum atomic E-state index is 12.7. The van der Waals surface area contributed by atoms with E-state index < -0.39 is 17.4 Å². The molecule has 19 heavy (non-hydrogen) atoms. The predicted octanol–water partition coefficient (Wildman–Crippen LogP) is 2.31. The number of nitrogens with zero attached hydrogens (tertiary/aromatic N) is 1.